The van der Waals surface area contributed by atoms with Crippen LogP contribution in [0.3, 0.4) is 0 Å². The molecule has 12 heavy (non-hydrogen) atoms. The first kappa shape index (κ1) is 29.2. The molecule has 0 aliphatic rings. The zero-order chi connectivity index (χ0) is 8.08. The van der Waals surface area contributed by atoms with Gasteiger partial charge in [0.1, 0.15) is 0 Å². The number of rotatable bonds is 0. The Balaban J connectivity index is -0.0000000221. The summed E-state index contributed by atoms with van der Waals surface area (Å²) in [5, 5.41) is 14.8. The zero-order valence-electron chi connectivity index (χ0n) is 6.17. The van der Waals surface area contributed by atoms with Crippen molar-refractivity contribution in [2.75, 3.05) is 0 Å². The summed E-state index contributed by atoms with van der Waals surface area (Å²) >= 11 is -5.38. The molecule has 0 aliphatic heterocycles. The maximum atomic E-state index is 8.69. The van der Waals surface area contributed by atoms with Gasteiger partial charge in [0.05, 0.1) is 5.09 Å². The van der Waals surface area contributed by atoms with E-state index in [1.54, 1.807) is 0 Å². The molecule has 0 aromatic carbocycles. The molecular formula is H2KMnNNaO8. The van der Waals surface area contributed by atoms with Gasteiger partial charge in [0.25, 0.3) is 0 Å². The van der Waals surface area contributed by atoms with Crippen LogP contribution in [0.15, 0.2) is 0 Å². The van der Waals surface area contributed by atoms with Gasteiger partial charge in [-0.3, -0.25) is 0 Å². The van der Waals surface area contributed by atoms with Crippen LogP contribution >= 0.6 is 0 Å². The molecule has 0 aromatic heterocycles. The molecule has 0 atom stereocenters. The molecule has 0 fully saturated rings. The van der Waals surface area contributed by atoms with Crippen LogP contribution in [0.1, 0.15) is 0 Å². The molecular weight excluding hydrogens is 259 g/mol. The van der Waals surface area contributed by atoms with Crippen LogP contribution in [0.4, 0.5) is 0 Å². The monoisotopic (exact) mass is 261 g/mol. The van der Waals surface area contributed by atoms with E-state index < -0.39 is 18.1 Å². The molecule has 0 spiro atoms. The summed E-state index contributed by atoms with van der Waals surface area (Å²) in [6, 6.07) is 0. The van der Waals surface area contributed by atoms with Gasteiger partial charge in [-0.1, -0.05) is 0 Å². The van der Waals surface area contributed by atoms with Gasteiger partial charge in [0, 0.05) is 0 Å². The third kappa shape index (κ3) is 474. The van der Waals surface area contributed by atoms with Crippen molar-refractivity contribution in [1.82, 2.24) is 0 Å². The molecule has 0 aromatic rings. The first-order chi connectivity index (χ1) is 3.73. The minimum atomic E-state index is -5.38. The Hall–Kier alpha value is 1.68. The minimum absolute atomic E-state index is 0. The molecule has 2 N–H and O–H groups in total. The molecule has 0 bridgehead atoms. The van der Waals surface area contributed by atoms with Crippen molar-refractivity contribution in [3.05, 3.63) is 15.3 Å². The third-order valence-corrected chi connectivity index (χ3v) is 0. The fourth-order valence-electron chi connectivity index (χ4n) is 0. The van der Waals surface area contributed by atoms with Gasteiger partial charge in [0.2, 0.25) is 0 Å². The van der Waals surface area contributed by atoms with Crippen molar-refractivity contribution in [1.29, 1.82) is 0 Å². The van der Waals surface area contributed by atoms with Crippen molar-refractivity contribution in [2.24, 2.45) is 0 Å². The molecule has 0 saturated heterocycles. The Morgan fingerprint density at radius 1 is 1.17 bits per heavy atom. The predicted molar refractivity (Wildman–Crippen MR) is 16.6 cm³/mol. The van der Waals surface area contributed by atoms with E-state index in [9.17, 15) is 0 Å². The zero-order valence-corrected chi connectivity index (χ0v) is 12.5. The van der Waals surface area contributed by atoms with E-state index in [2.05, 4.69) is 0 Å². The number of nitrogens with zero attached hydrogens (tertiary/aromatic N) is 1. The first-order valence-electron chi connectivity index (χ1n) is 1.18. The Morgan fingerprint density at radius 2 is 1.17 bits per heavy atom. The molecule has 0 aliphatic carbocycles. The topological polar surface area (TPSA) is 168 Å². The number of hydrogen-bond donors (Lipinski definition) is 1. The molecule has 0 saturated carbocycles. The Morgan fingerprint density at radius 3 is 1.17 bits per heavy atom. The summed E-state index contributed by atoms with van der Waals surface area (Å²) in [7, 11) is 0. The van der Waals surface area contributed by atoms with Crippen molar-refractivity contribution in [2.45, 2.75) is 0 Å². The maximum absolute atomic E-state index is 8.69. The molecule has 0 radical (unpaired) electrons. The quantitative estimate of drug-likeness (QED) is 0.254. The van der Waals surface area contributed by atoms with E-state index in [0.717, 1.165) is 0 Å². The standard InChI is InChI=1S/K.Mn.NO3.Na.2H2O.3O/c;;2-1(3)4;;;;;;/h;;;;2*1H2;;;/q2*+1;-1;+1;;;;;/p-2. The van der Waals surface area contributed by atoms with Gasteiger partial charge < -0.3 is 20.8 Å². The van der Waals surface area contributed by atoms with E-state index in [4.69, 9.17) is 31.0 Å². The average molecular weight is 261 g/mol. The fourth-order valence-corrected chi connectivity index (χ4v) is 0. The molecule has 0 rings (SSSR count). The second-order valence-electron chi connectivity index (χ2n) is 0.620. The van der Waals surface area contributed by atoms with E-state index >= 15 is 0 Å². The molecule has 9 nitrogen and oxygen atoms in total. The van der Waals surface area contributed by atoms with Gasteiger partial charge in [-0.25, -0.2) is 0 Å². The fraction of sp³-hybridized carbons (Fsp3) is 0. The van der Waals surface area contributed by atoms with Crippen LogP contribution < -0.4 is 80.9 Å². The normalized spacial score (nSPS) is 6.75. The summed E-state index contributed by atoms with van der Waals surface area (Å²) in [5.74, 6) is 0. The van der Waals surface area contributed by atoms with Crippen LogP contribution in [0.5, 0.6) is 0 Å². The Labute approximate surface area is 133 Å². The van der Waals surface area contributed by atoms with Gasteiger partial charge in [0.15, 0.2) is 0 Å². The molecule has 0 heterocycles. The van der Waals surface area contributed by atoms with Gasteiger partial charge in [-0.15, -0.1) is 0 Å². The van der Waals surface area contributed by atoms with E-state index in [1.807, 2.05) is 0 Å². The molecule has 64 valence electrons. The summed E-state index contributed by atoms with van der Waals surface area (Å²) in [4.78, 5) is 8.25. The van der Waals surface area contributed by atoms with E-state index in [1.165, 1.54) is 0 Å². The first-order valence-corrected chi connectivity index (χ1v) is 3.15. The van der Waals surface area contributed by atoms with Crippen molar-refractivity contribution < 1.29 is 120 Å². The van der Waals surface area contributed by atoms with Crippen LogP contribution in [-0.4, -0.2) is 14.8 Å². The van der Waals surface area contributed by atoms with Crippen molar-refractivity contribution >= 4 is 0 Å². The van der Waals surface area contributed by atoms with Gasteiger partial charge >= 0.3 is 110 Å². The van der Waals surface area contributed by atoms with Gasteiger partial charge in [-0.2, -0.15) is 0 Å². The second kappa shape index (κ2) is 15.2. The van der Waals surface area contributed by atoms with E-state index in [0.29, 0.717) is 0 Å². The van der Waals surface area contributed by atoms with Crippen LogP contribution in [-0.2, 0) is 24.5 Å². The van der Waals surface area contributed by atoms with Crippen LogP contribution in [0.2, 0.25) is 0 Å². The summed E-state index contributed by atoms with van der Waals surface area (Å²) in [6.07, 6.45) is 0. The number of hydrogen-bond acceptors (Lipinski definition) is 7. The molecule has 0 amide bonds. The summed E-state index contributed by atoms with van der Waals surface area (Å²) in [6.45, 7) is 0. The Kier molecular flexibility index (Phi) is 36.9. The summed E-state index contributed by atoms with van der Waals surface area (Å²) < 4.78 is 33.1. The van der Waals surface area contributed by atoms with E-state index in [-0.39, 0.29) is 86.4 Å². The van der Waals surface area contributed by atoms with Crippen molar-refractivity contribution in [3.63, 3.8) is 0 Å². The second-order valence-corrected chi connectivity index (χ2v) is 1.86. The van der Waals surface area contributed by atoms with Crippen LogP contribution in [0.25, 0.3) is 0 Å². The average Bonchev–Trinajstić information content (AvgIpc) is 1.19. The van der Waals surface area contributed by atoms with Crippen molar-refractivity contribution in [3.8, 4) is 0 Å². The predicted octanol–water partition coefficient (Wildman–Crippen LogP) is -7.32. The van der Waals surface area contributed by atoms with Gasteiger partial charge in [-0.05, 0) is 0 Å². The van der Waals surface area contributed by atoms with Crippen LogP contribution in [0, 0.1) is 15.3 Å². The molecule has 12 heteroatoms. The Bertz CT molecular complexity index is 204. The SMILES string of the molecule is O=[N+]([O-])[O-].[K+].[Na+].[OH-].[O]=[Mn](=[O])(=[O])[OH]. The summed E-state index contributed by atoms with van der Waals surface area (Å²) in [5.41, 5.74) is 0. The third-order valence-electron chi connectivity index (χ3n) is 0. The molecule has 0 unspecified atom stereocenters.